The second-order valence-corrected chi connectivity index (χ2v) is 5.29. The van der Waals surface area contributed by atoms with E-state index in [9.17, 15) is 0 Å². The lowest BCUT2D eigenvalue weighted by Gasteiger charge is -2.23. The van der Waals surface area contributed by atoms with Crippen molar-refractivity contribution in [3.05, 3.63) is 24.3 Å². The van der Waals surface area contributed by atoms with Crippen molar-refractivity contribution in [2.45, 2.75) is 45.6 Å². The number of hydrogen-bond donors (Lipinski definition) is 1. The number of para-hydroxylation sites is 2. The van der Waals surface area contributed by atoms with Gasteiger partial charge in [-0.1, -0.05) is 26.0 Å². The minimum absolute atomic E-state index is 0.654. The van der Waals surface area contributed by atoms with Gasteiger partial charge in [0.2, 0.25) is 0 Å². The van der Waals surface area contributed by atoms with Gasteiger partial charge in [-0.25, -0.2) is 0 Å². The van der Waals surface area contributed by atoms with Crippen LogP contribution in [0.25, 0.3) is 0 Å². The summed E-state index contributed by atoms with van der Waals surface area (Å²) in [6.07, 6.45) is 4.84. The van der Waals surface area contributed by atoms with Gasteiger partial charge in [-0.2, -0.15) is 0 Å². The molecule has 0 spiro atoms. The van der Waals surface area contributed by atoms with E-state index >= 15 is 0 Å². The van der Waals surface area contributed by atoms with Gasteiger partial charge in [0, 0.05) is 19.6 Å². The molecule has 0 saturated heterocycles. The lowest BCUT2D eigenvalue weighted by Crippen LogP contribution is -2.30. The first-order chi connectivity index (χ1) is 9.72. The van der Waals surface area contributed by atoms with Crippen molar-refractivity contribution in [3.8, 4) is 5.75 Å². The Kier molecular flexibility index (Phi) is 8.12. The molecular weight excluding hydrogens is 248 g/mol. The molecule has 0 aromatic heterocycles. The summed E-state index contributed by atoms with van der Waals surface area (Å²) < 4.78 is 5.41. The molecule has 0 fully saturated rings. The van der Waals surface area contributed by atoms with Crippen LogP contribution >= 0.6 is 0 Å². The first-order valence-electron chi connectivity index (χ1n) is 7.80. The van der Waals surface area contributed by atoms with Crippen LogP contribution in [0.1, 0.15) is 39.5 Å². The van der Waals surface area contributed by atoms with Crippen molar-refractivity contribution in [2.24, 2.45) is 0 Å². The van der Waals surface area contributed by atoms with Crippen molar-refractivity contribution >= 4 is 5.69 Å². The summed E-state index contributed by atoms with van der Waals surface area (Å²) >= 11 is 0. The summed E-state index contributed by atoms with van der Waals surface area (Å²) in [6.45, 7) is 6.66. The molecule has 0 aliphatic heterocycles. The molecule has 1 aromatic carbocycles. The number of nitrogens with zero attached hydrogens (tertiary/aromatic N) is 1. The molecule has 3 heteroatoms. The minimum atomic E-state index is 0.654. The summed E-state index contributed by atoms with van der Waals surface area (Å²) in [5.74, 6) is 0.950. The van der Waals surface area contributed by atoms with E-state index in [1.54, 1.807) is 7.11 Å². The van der Waals surface area contributed by atoms with Crippen LogP contribution in [0.5, 0.6) is 5.75 Å². The maximum Gasteiger partial charge on any atom is 0.142 e. The first kappa shape index (κ1) is 16.8. The van der Waals surface area contributed by atoms with Crippen LogP contribution in [0, 0.1) is 0 Å². The van der Waals surface area contributed by atoms with Crippen molar-refractivity contribution in [1.29, 1.82) is 0 Å². The molecule has 114 valence electrons. The number of ether oxygens (including phenoxy) is 1. The Balaban J connectivity index is 2.40. The summed E-state index contributed by atoms with van der Waals surface area (Å²) in [7, 11) is 3.87. The molecule has 0 amide bonds. The summed E-state index contributed by atoms with van der Waals surface area (Å²) in [4.78, 5) is 2.28. The first-order valence-corrected chi connectivity index (χ1v) is 7.80. The molecule has 0 aliphatic carbocycles. The normalized spacial score (nSPS) is 12.2. The van der Waals surface area contributed by atoms with E-state index in [0.717, 1.165) is 18.8 Å². The van der Waals surface area contributed by atoms with Crippen LogP contribution in [0.4, 0.5) is 5.69 Å². The molecule has 0 aliphatic rings. The quantitative estimate of drug-likeness (QED) is 0.706. The maximum absolute atomic E-state index is 5.41. The van der Waals surface area contributed by atoms with E-state index in [1.165, 1.54) is 31.4 Å². The average molecular weight is 278 g/mol. The molecule has 0 saturated carbocycles. The highest BCUT2D eigenvalue weighted by molar-refractivity contribution is 5.57. The second kappa shape index (κ2) is 9.65. The van der Waals surface area contributed by atoms with Gasteiger partial charge in [0.15, 0.2) is 0 Å². The zero-order valence-electron chi connectivity index (χ0n) is 13.5. The van der Waals surface area contributed by atoms with Gasteiger partial charge in [-0.05, 0) is 44.4 Å². The van der Waals surface area contributed by atoms with E-state index in [-0.39, 0.29) is 0 Å². The minimum Gasteiger partial charge on any atom is -0.495 e. The maximum atomic E-state index is 5.41. The largest absolute Gasteiger partial charge is 0.495 e. The molecule has 0 heterocycles. The van der Waals surface area contributed by atoms with Crippen molar-refractivity contribution < 1.29 is 4.74 Å². The molecule has 3 nitrogen and oxygen atoms in total. The summed E-state index contributed by atoms with van der Waals surface area (Å²) in [5.41, 5.74) is 1.17. The predicted molar refractivity (Wildman–Crippen MR) is 87.9 cm³/mol. The molecule has 1 atom stereocenters. The van der Waals surface area contributed by atoms with Crippen molar-refractivity contribution in [1.82, 2.24) is 5.32 Å². The monoisotopic (exact) mass is 278 g/mol. The Hall–Kier alpha value is -1.22. The number of hydrogen-bond acceptors (Lipinski definition) is 3. The molecule has 20 heavy (non-hydrogen) atoms. The van der Waals surface area contributed by atoms with Gasteiger partial charge < -0.3 is 15.0 Å². The molecule has 1 aromatic rings. The van der Waals surface area contributed by atoms with E-state index < -0.39 is 0 Å². The third-order valence-electron chi connectivity index (χ3n) is 3.72. The Morgan fingerprint density at radius 2 is 2.00 bits per heavy atom. The molecule has 1 N–H and O–H groups in total. The lowest BCUT2D eigenvalue weighted by atomic mass is 10.1. The third kappa shape index (κ3) is 5.41. The van der Waals surface area contributed by atoms with Crippen LogP contribution in [0.15, 0.2) is 24.3 Å². The highest BCUT2D eigenvalue weighted by Crippen LogP contribution is 2.26. The van der Waals surface area contributed by atoms with E-state index in [0.29, 0.717) is 6.04 Å². The SMILES string of the molecule is CCCNC(CC)CCCN(C)c1ccccc1OC. The van der Waals surface area contributed by atoms with Gasteiger partial charge in [0.05, 0.1) is 12.8 Å². The third-order valence-corrected chi connectivity index (χ3v) is 3.72. The Labute approximate surface area is 124 Å². The fourth-order valence-electron chi connectivity index (χ4n) is 2.44. The zero-order valence-corrected chi connectivity index (χ0v) is 13.5. The van der Waals surface area contributed by atoms with E-state index in [1.807, 2.05) is 12.1 Å². The molecule has 0 bridgehead atoms. The smallest absolute Gasteiger partial charge is 0.142 e. The number of methoxy groups -OCH3 is 1. The van der Waals surface area contributed by atoms with Gasteiger partial charge in [0.1, 0.15) is 5.75 Å². The van der Waals surface area contributed by atoms with Crippen LogP contribution < -0.4 is 15.0 Å². The van der Waals surface area contributed by atoms with Gasteiger partial charge in [-0.15, -0.1) is 0 Å². The van der Waals surface area contributed by atoms with Gasteiger partial charge in [-0.3, -0.25) is 0 Å². The number of rotatable bonds is 10. The Morgan fingerprint density at radius 3 is 2.65 bits per heavy atom. The molecular formula is C17H30N2O. The fraction of sp³-hybridized carbons (Fsp3) is 0.647. The topological polar surface area (TPSA) is 24.5 Å². The highest BCUT2D eigenvalue weighted by atomic mass is 16.5. The van der Waals surface area contributed by atoms with Gasteiger partial charge in [0.25, 0.3) is 0 Å². The van der Waals surface area contributed by atoms with Crippen LogP contribution in [-0.4, -0.2) is 33.3 Å². The zero-order chi connectivity index (χ0) is 14.8. The van der Waals surface area contributed by atoms with Crippen LogP contribution in [-0.2, 0) is 0 Å². The highest BCUT2D eigenvalue weighted by Gasteiger charge is 2.09. The molecule has 1 unspecified atom stereocenters. The number of anilines is 1. The summed E-state index contributed by atoms with van der Waals surface area (Å²) in [6, 6.07) is 8.86. The van der Waals surface area contributed by atoms with Gasteiger partial charge >= 0.3 is 0 Å². The molecule has 1 rings (SSSR count). The Bertz CT molecular complexity index is 368. The second-order valence-electron chi connectivity index (χ2n) is 5.29. The lowest BCUT2D eigenvalue weighted by molar-refractivity contribution is 0.414. The standard InChI is InChI=1S/C17H30N2O/c1-5-13-18-15(6-2)10-9-14-19(3)16-11-7-8-12-17(16)20-4/h7-8,11-12,15,18H,5-6,9-10,13-14H2,1-4H3. The predicted octanol–water partition coefficient (Wildman–Crippen LogP) is 3.69. The summed E-state index contributed by atoms with van der Waals surface area (Å²) in [5, 5.41) is 3.61. The fourth-order valence-corrected chi connectivity index (χ4v) is 2.44. The average Bonchev–Trinajstić information content (AvgIpc) is 2.50. The number of benzene rings is 1. The molecule has 0 radical (unpaired) electrons. The van der Waals surface area contributed by atoms with E-state index in [4.69, 9.17) is 4.74 Å². The van der Waals surface area contributed by atoms with Crippen LogP contribution in [0.2, 0.25) is 0 Å². The Morgan fingerprint density at radius 1 is 1.25 bits per heavy atom. The van der Waals surface area contributed by atoms with Crippen LogP contribution in [0.3, 0.4) is 0 Å². The van der Waals surface area contributed by atoms with E-state index in [2.05, 4.69) is 43.2 Å². The van der Waals surface area contributed by atoms with Crippen molar-refractivity contribution in [3.63, 3.8) is 0 Å². The van der Waals surface area contributed by atoms with Crippen molar-refractivity contribution in [2.75, 3.05) is 32.1 Å². The number of nitrogens with one attached hydrogen (secondary N) is 1.